The van der Waals surface area contributed by atoms with E-state index in [1.165, 1.54) is 15.4 Å². The van der Waals surface area contributed by atoms with Gasteiger partial charge in [-0.2, -0.15) is 4.31 Å². The summed E-state index contributed by atoms with van der Waals surface area (Å²) in [6.45, 7) is 1.39. The predicted octanol–water partition coefficient (Wildman–Crippen LogP) is 0.0545. The summed E-state index contributed by atoms with van der Waals surface area (Å²) in [5.41, 5.74) is 0.146. The summed E-state index contributed by atoms with van der Waals surface area (Å²) in [4.78, 5) is 58.3. The van der Waals surface area contributed by atoms with Gasteiger partial charge in [0.05, 0.1) is 12.2 Å². The molecule has 3 aliphatic rings. The number of sulfonamides is 1. The zero-order chi connectivity index (χ0) is 30.0. The maximum absolute atomic E-state index is 14.1. The Balaban J connectivity index is 1.45. The van der Waals surface area contributed by atoms with Crippen LogP contribution in [0, 0.1) is 0 Å². The van der Waals surface area contributed by atoms with Crippen LogP contribution < -0.4 is 10.6 Å². The Labute approximate surface area is 242 Å². The first-order valence-corrected chi connectivity index (χ1v) is 15.5. The first-order chi connectivity index (χ1) is 20.1. The van der Waals surface area contributed by atoms with Crippen LogP contribution in [0.15, 0.2) is 48.7 Å². The number of nitrogens with zero attached hydrogens (tertiary/aromatic N) is 3. The molecule has 42 heavy (non-hydrogen) atoms. The number of pyridine rings is 1. The highest BCUT2D eigenvalue weighted by Crippen LogP contribution is 2.26. The molecule has 1 aromatic carbocycles. The number of nitrogens with one attached hydrogen (secondary N) is 2. The Kier molecular flexibility index (Phi) is 8.57. The third-order valence-electron chi connectivity index (χ3n) is 7.68. The lowest BCUT2D eigenvalue weighted by molar-refractivity contribution is -0.156. The molecule has 14 heteroatoms. The van der Waals surface area contributed by atoms with Crippen LogP contribution >= 0.6 is 0 Å². The lowest BCUT2D eigenvalue weighted by Crippen LogP contribution is -2.68. The predicted molar refractivity (Wildman–Crippen MR) is 150 cm³/mol. The molecule has 0 saturated carbocycles. The minimum absolute atomic E-state index is 0.0264. The maximum Gasteiger partial charge on any atom is 0.310 e. The molecule has 0 radical (unpaired) electrons. The number of piperazine rings is 1. The third-order valence-corrected chi connectivity index (χ3v) is 9.69. The molecule has 1 aromatic heterocycles. The third kappa shape index (κ3) is 6.01. The number of benzene rings is 1. The number of aliphatic hydroxyl groups excluding tert-OH is 1. The Hall–Kier alpha value is -3.88. The number of aromatic nitrogens is 1. The van der Waals surface area contributed by atoms with Crippen LogP contribution in [-0.2, 0) is 29.1 Å². The Morgan fingerprint density at radius 3 is 2.60 bits per heavy atom. The second-order valence-corrected chi connectivity index (χ2v) is 12.7. The molecule has 2 saturated heterocycles. The highest BCUT2D eigenvalue weighted by Gasteiger charge is 2.47. The van der Waals surface area contributed by atoms with Crippen molar-refractivity contribution in [3.8, 4) is 0 Å². The van der Waals surface area contributed by atoms with Crippen molar-refractivity contribution >= 4 is 44.5 Å². The number of esters is 1. The van der Waals surface area contributed by atoms with E-state index in [1.807, 2.05) is 12.1 Å². The quantitative estimate of drug-likeness (QED) is 0.293. The van der Waals surface area contributed by atoms with Gasteiger partial charge in [-0.25, -0.2) is 8.42 Å². The zero-order valence-electron chi connectivity index (χ0n) is 23.0. The van der Waals surface area contributed by atoms with Crippen molar-refractivity contribution in [2.75, 3.05) is 18.8 Å². The number of carbonyl (C=O) groups is 4. The highest BCUT2D eigenvalue weighted by molar-refractivity contribution is 7.89. The fraction of sp³-hybridized carbons (Fsp3) is 0.464. The number of hydrogen-bond acceptors (Lipinski definition) is 9. The summed E-state index contributed by atoms with van der Waals surface area (Å²) in [7, 11) is -3.74. The Morgan fingerprint density at radius 2 is 1.86 bits per heavy atom. The van der Waals surface area contributed by atoms with Gasteiger partial charge in [0.2, 0.25) is 28.1 Å². The first-order valence-electron chi connectivity index (χ1n) is 13.9. The van der Waals surface area contributed by atoms with Gasteiger partial charge in [-0.05, 0) is 30.7 Å². The number of ether oxygens (including phenoxy) is 1. The normalized spacial score (nSPS) is 27.5. The minimum atomic E-state index is -3.74. The van der Waals surface area contributed by atoms with Crippen LogP contribution in [-0.4, -0.2) is 101 Å². The Bertz CT molecular complexity index is 1520. The molecule has 13 nitrogen and oxygen atoms in total. The van der Waals surface area contributed by atoms with Crippen molar-refractivity contribution in [1.29, 1.82) is 0 Å². The van der Waals surface area contributed by atoms with Gasteiger partial charge in [0.15, 0.2) is 0 Å². The first kappa shape index (κ1) is 29.6. The van der Waals surface area contributed by atoms with Gasteiger partial charge in [-0.1, -0.05) is 43.3 Å². The van der Waals surface area contributed by atoms with Crippen molar-refractivity contribution in [1.82, 2.24) is 24.8 Å². The molecule has 0 spiro atoms. The molecule has 2 fully saturated rings. The average molecular weight is 600 g/mol. The molecular formula is C28H33N5O8S. The lowest BCUT2D eigenvalue weighted by atomic mass is 9.97. The van der Waals surface area contributed by atoms with Crippen LogP contribution in [0.1, 0.15) is 43.1 Å². The van der Waals surface area contributed by atoms with Gasteiger partial charge >= 0.3 is 5.97 Å². The van der Waals surface area contributed by atoms with Gasteiger partial charge in [0, 0.05) is 30.7 Å². The Morgan fingerprint density at radius 1 is 1.10 bits per heavy atom. The van der Waals surface area contributed by atoms with Crippen LogP contribution in [0.4, 0.5) is 0 Å². The van der Waals surface area contributed by atoms with Crippen LogP contribution in [0.2, 0.25) is 0 Å². The summed E-state index contributed by atoms with van der Waals surface area (Å²) in [5, 5.41) is 16.8. The molecule has 3 aliphatic heterocycles. The van der Waals surface area contributed by atoms with Gasteiger partial charge in [-0.3, -0.25) is 24.2 Å². The van der Waals surface area contributed by atoms with Gasteiger partial charge in [-0.15, -0.1) is 0 Å². The second-order valence-electron chi connectivity index (χ2n) is 10.6. The van der Waals surface area contributed by atoms with Gasteiger partial charge in [0.1, 0.15) is 23.8 Å². The van der Waals surface area contributed by atoms with Crippen molar-refractivity contribution in [2.24, 2.45) is 0 Å². The largest absolute Gasteiger partial charge is 0.434 e. The van der Waals surface area contributed by atoms with Crippen molar-refractivity contribution in [2.45, 2.75) is 63.1 Å². The summed E-state index contributed by atoms with van der Waals surface area (Å²) >= 11 is 0. The monoisotopic (exact) mass is 599 g/mol. The van der Waals surface area contributed by atoms with Crippen molar-refractivity contribution < 1.29 is 37.4 Å². The van der Waals surface area contributed by atoms with Gasteiger partial charge < -0.3 is 25.4 Å². The van der Waals surface area contributed by atoms with Crippen molar-refractivity contribution in [3.05, 3.63) is 54.4 Å². The zero-order valence-corrected chi connectivity index (χ0v) is 23.8. The van der Waals surface area contributed by atoms with Crippen LogP contribution in [0.25, 0.3) is 10.8 Å². The van der Waals surface area contributed by atoms with Crippen molar-refractivity contribution in [3.63, 3.8) is 0 Å². The van der Waals surface area contributed by atoms with Crippen LogP contribution in [0.5, 0.6) is 0 Å². The minimum Gasteiger partial charge on any atom is -0.434 e. The molecule has 5 rings (SSSR count). The topological polar surface area (TPSA) is 175 Å². The fourth-order valence-corrected chi connectivity index (χ4v) is 7.18. The molecule has 4 heterocycles. The van der Waals surface area contributed by atoms with E-state index in [4.69, 9.17) is 4.74 Å². The number of fused-ring (bicyclic) bond motifs is 2. The molecule has 3 amide bonds. The van der Waals surface area contributed by atoms with Gasteiger partial charge in [0.25, 0.3) is 5.91 Å². The second kappa shape index (κ2) is 12.2. The molecule has 3 N–H and O–H groups in total. The number of carbonyl (C=O) groups excluding carboxylic acids is 4. The van der Waals surface area contributed by atoms with E-state index in [9.17, 15) is 32.7 Å². The van der Waals surface area contributed by atoms with E-state index in [0.717, 1.165) is 5.39 Å². The number of aliphatic hydroxyl groups is 1. The highest BCUT2D eigenvalue weighted by atomic mass is 32.2. The summed E-state index contributed by atoms with van der Waals surface area (Å²) in [6.07, 6.45) is 4.03. The molecule has 2 unspecified atom stereocenters. The van der Waals surface area contributed by atoms with E-state index in [1.54, 1.807) is 37.3 Å². The number of amides is 3. The average Bonchev–Trinajstić information content (AvgIpc) is 3.28. The fourth-order valence-electron chi connectivity index (χ4n) is 5.64. The summed E-state index contributed by atoms with van der Waals surface area (Å²) < 4.78 is 32.1. The van der Waals surface area contributed by atoms with Crippen LogP contribution in [0.3, 0.4) is 0 Å². The maximum atomic E-state index is 14.1. The molecule has 2 aromatic rings. The smallest absolute Gasteiger partial charge is 0.310 e. The lowest BCUT2D eigenvalue weighted by Gasteiger charge is -2.47. The number of cyclic esters (lactones) is 1. The van der Waals surface area contributed by atoms with E-state index in [0.29, 0.717) is 11.8 Å². The van der Waals surface area contributed by atoms with E-state index in [-0.39, 0.29) is 43.8 Å². The number of rotatable bonds is 7. The number of hydrogen-bond donors (Lipinski definition) is 3. The molecule has 5 atom stereocenters. The van der Waals surface area contributed by atoms with E-state index >= 15 is 0 Å². The summed E-state index contributed by atoms with van der Waals surface area (Å²) in [6, 6.07) is 4.90. The summed E-state index contributed by atoms with van der Waals surface area (Å²) in [5.74, 6) is -2.68. The molecule has 224 valence electrons. The SMILES string of the molecule is CCCS(=O)(=O)N1C[C@@H]2C/C=C\C[C@H](NC(=O)c3nccc4ccccc34)C(=O)N2[C@H](C(=O)NC2CC(=O)OC2O)C1. The molecule has 0 bridgehead atoms. The van der Waals surface area contributed by atoms with E-state index in [2.05, 4.69) is 15.6 Å². The molecule has 0 aliphatic carbocycles. The standard InChI is InChI=1S/C28H33N5O8S/c1-2-13-42(39,40)32-15-18-8-4-6-10-20(30-26(36)24-19-9-5-3-7-17(19)11-12-29-24)27(37)33(18)22(16-32)25(35)31-21-14-23(34)41-28(21)38/h3-7,9,11-12,18,20-22,28,38H,2,8,10,13-16H2,1H3,(H,30,36)(H,31,35)/b6-4-/t18-,20-,21?,22-,28?/m0/s1. The molecular weight excluding hydrogens is 566 g/mol. The van der Waals surface area contributed by atoms with E-state index < -0.39 is 64.2 Å².